The minimum Gasteiger partial charge on any atom is -0.494 e. The molecule has 0 aliphatic carbocycles. The number of methoxy groups -OCH3 is 1. The van der Waals surface area contributed by atoms with E-state index in [0.29, 0.717) is 11.4 Å². The molecule has 0 bridgehead atoms. The topological polar surface area (TPSA) is 80.3 Å². The second kappa shape index (κ2) is 10.2. The molecule has 172 valence electrons. The van der Waals surface area contributed by atoms with Gasteiger partial charge in [-0.1, -0.05) is 72.8 Å². The van der Waals surface area contributed by atoms with Crippen LogP contribution in [0.15, 0.2) is 103 Å². The summed E-state index contributed by atoms with van der Waals surface area (Å²) in [4.78, 5) is 4.73. The van der Waals surface area contributed by atoms with Crippen molar-refractivity contribution >= 4 is 48.9 Å². The molecule has 34 heavy (non-hydrogen) atoms. The number of nitrogens with one attached hydrogen (secondary N) is 2. The lowest BCUT2D eigenvalue weighted by Crippen LogP contribution is -2.09. The Morgan fingerprint density at radius 1 is 0.735 bits per heavy atom. The summed E-state index contributed by atoms with van der Waals surface area (Å²) in [6.07, 6.45) is 1.11. The van der Waals surface area contributed by atoms with Gasteiger partial charge in [0.25, 0.3) is 0 Å². The maximum atomic E-state index is 11.5. The molecule has 0 saturated heterocycles. The van der Waals surface area contributed by atoms with Crippen LogP contribution >= 0.6 is 0 Å². The van der Waals surface area contributed by atoms with Crippen LogP contribution in [0.2, 0.25) is 0 Å². The molecule has 0 atom stereocenters. The van der Waals surface area contributed by atoms with E-state index in [4.69, 9.17) is 9.72 Å². The lowest BCUT2D eigenvalue weighted by Gasteiger charge is -2.16. The number of sulfonamides is 1. The highest BCUT2D eigenvalue weighted by atomic mass is 32.2. The molecule has 2 N–H and O–H groups in total. The Kier molecular flexibility index (Phi) is 6.94. The number of hydrogen-bond acceptors (Lipinski definition) is 5. The third-order valence-corrected chi connectivity index (χ3v) is 5.63. The molecule has 0 unspecified atom stereocenters. The van der Waals surface area contributed by atoms with Crippen LogP contribution in [0.1, 0.15) is 0 Å². The summed E-state index contributed by atoms with van der Waals surface area (Å²) in [5.41, 5.74) is 3.86. The van der Waals surface area contributed by atoms with Crippen molar-refractivity contribution in [2.45, 2.75) is 0 Å². The first kappa shape index (κ1) is 23.1. The molecule has 6 nitrogen and oxygen atoms in total. The van der Waals surface area contributed by atoms with Crippen LogP contribution in [0.5, 0.6) is 5.75 Å². The van der Waals surface area contributed by atoms with Gasteiger partial charge in [0.1, 0.15) is 5.75 Å². The molecule has 0 radical (unpaired) electrons. The van der Waals surface area contributed by atoms with Crippen molar-refractivity contribution in [3.63, 3.8) is 0 Å². The number of benzene rings is 4. The first-order valence-corrected chi connectivity index (χ1v) is 12.5. The smallest absolute Gasteiger partial charge is 0.229 e. The highest BCUT2D eigenvalue weighted by Gasteiger charge is 2.12. The summed E-state index contributed by atoms with van der Waals surface area (Å²) in [5.74, 6) is 0.527. The lowest BCUT2D eigenvalue weighted by molar-refractivity contribution is 0.417. The SMILES string of the molecule is COc1cc(NS(C)(=O)=O)ccc1Nc1c2ccccc2nc2ccccc12.c1ccccc1. The average molecular weight is 472 g/mol. The number of anilines is 3. The first-order valence-electron chi connectivity index (χ1n) is 10.6. The molecule has 0 fully saturated rings. The third-order valence-electron chi connectivity index (χ3n) is 5.02. The van der Waals surface area contributed by atoms with Gasteiger partial charge in [0.15, 0.2) is 0 Å². The van der Waals surface area contributed by atoms with Crippen LogP contribution in [0.25, 0.3) is 21.8 Å². The van der Waals surface area contributed by atoms with Crippen molar-refractivity contribution in [2.75, 3.05) is 23.4 Å². The van der Waals surface area contributed by atoms with Crippen LogP contribution in [-0.4, -0.2) is 26.8 Å². The van der Waals surface area contributed by atoms with Gasteiger partial charge < -0.3 is 10.1 Å². The van der Waals surface area contributed by atoms with Gasteiger partial charge >= 0.3 is 0 Å². The number of rotatable bonds is 5. The van der Waals surface area contributed by atoms with Gasteiger partial charge in [-0.3, -0.25) is 4.72 Å². The summed E-state index contributed by atoms with van der Waals surface area (Å²) in [6, 6.07) is 33.0. The minimum atomic E-state index is -3.37. The number of para-hydroxylation sites is 2. The van der Waals surface area contributed by atoms with E-state index in [1.807, 2.05) is 84.9 Å². The standard InChI is InChI=1S/C21H19N3O3S.C6H6/c1-27-20-13-14(24-28(2,25)26)11-12-19(20)23-21-15-7-3-5-9-17(15)22-18-10-6-4-8-16(18)21;1-2-4-6-5-3-1/h3-13,24H,1-2H3,(H,22,23);1-6H. The molecule has 5 rings (SSSR count). The molecule has 0 spiro atoms. The molecule has 4 aromatic carbocycles. The summed E-state index contributed by atoms with van der Waals surface area (Å²) < 4.78 is 30.9. The first-order chi connectivity index (χ1) is 16.4. The molecular weight excluding hydrogens is 446 g/mol. The van der Waals surface area contributed by atoms with Crippen LogP contribution in [0, 0.1) is 0 Å². The quantitative estimate of drug-likeness (QED) is 0.298. The average Bonchev–Trinajstić information content (AvgIpc) is 2.85. The molecule has 0 aliphatic heterocycles. The van der Waals surface area contributed by atoms with Gasteiger partial charge in [-0.15, -0.1) is 0 Å². The molecule has 0 saturated carbocycles. The molecule has 1 heterocycles. The van der Waals surface area contributed by atoms with Crippen LogP contribution in [-0.2, 0) is 10.0 Å². The van der Waals surface area contributed by atoms with Crippen LogP contribution < -0.4 is 14.8 Å². The fraction of sp³-hybridized carbons (Fsp3) is 0.0741. The largest absolute Gasteiger partial charge is 0.494 e. The highest BCUT2D eigenvalue weighted by Crippen LogP contribution is 2.37. The molecule has 7 heteroatoms. The van der Waals surface area contributed by atoms with Crippen molar-refractivity contribution in [1.82, 2.24) is 4.98 Å². The van der Waals surface area contributed by atoms with Crippen molar-refractivity contribution in [3.05, 3.63) is 103 Å². The van der Waals surface area contributed by atoms with E-state index in [1.165, 1.54) is 0 Å². The maximum Gasteiger partial charge on any atom is 0.229 e. The predicted octanol–water partition coefficient (Wildman–Crippen LogP) is 6.20. The van der Waals surface area contributed by atoms with E-state index in [-0.39, 0.29) is 0 Å². The van der Waals surface area contributed by atoms with Gasteiger partial charge in [-0.05, 0) is 24.3 Å². The van der Waals surface area contributed by atoms with Gasteiger partial charge in [0, 0.05) is 16.8 Å². The summed E-state index contributed by atoms with van der Waals surface area (Å²) >= 11 is 0. The fourth-order valence-electron chi connectivity index (χ4n) is 3.57. The molecular formula is C27H25N3O3S. The number of nitrogens with zero attached hydrogens (tertiary/aromatic N) is 1. The molecule has 1 aromatic heterocycles. The number of hydrogen-bond donors (Lipinski definition) is 2. The lowest BCUT2D eigenvalue weighted by atomic mass is 10.1. The summed E-state index contributed by atoms with van der Waals surface area (Å²) in [7, 11) is -1.82. The Hall–Kier alpha value is -4.10. The van der Waals surface area contributed by atoms with Crippen molar-refractivity contribution < 1.29 is 13.2 Å². The van der Waals surface area contributed by atoms with E-state index in [9.17, 15) is 8.42 Å². The number of ether oxygens (including phenoxy) is 1. The Morgan fingerprint density at radius 2 is 1.26 bits per heavy atom. The normalized spacial score (nSPS) is 10.9. The van der Waals surface area contributed by atoms with Crippen molar-refractivity contribution in [2.24, 2.45) is 0 Å². The summed E-state index contributed by atoms with van der Waals surface area (Å²) in [6.45, 7) is 0. The maximum absolute atomic E-state index is 11.5. The second-order valence-corrected chi connectivity index (χ2v) is 9.34. The van der Waals surface area contributed by atoms with Crippen molar-refractivity contribution in [1.29, 1.82) is 0 Å². The van der Waals surface area contributed by atoms with Gasteiger partial charge in [-0.2, -0.15) is 0 Å². The van der Waals surface area contributed by atoms with E-state index in [0.717, 1.165) is 39.4 Å². The predicted molar refractivity (Wildman–Crippen MR) is 140 cm³/mol. The van der Waals surface area contributed by atoms with E-state index in [2.05, 4.69) is 10.0 Å². The Bertz CT molecular complexity index is 1440. The Balaban J connectivity index is 0.000000398. The number of fused-ring (bicyclic) bond motifs is 2. The highest BCUT2D eigenvalue weighted by molar-refractivity contribution is 7.92. The number of pyridine rings is 1. The monoisotopic (exact) mass is 471 g/mol. The molecule has 0 amide bonds. The van der Waals surface area contributed by atoms with Gasteiger partial charge in [-0.25, -0.2) is 13.4 Å². The van der Waals surface area contributed by atoms with Gasteiger partial charge in [0.2, 0.25) is 10.0 Å². The molecule has 5 aromatic rings. The van der Waals surface area contributed by atoms with E-state index in [1.54, 1.807) is 25.3 Å². The van der Waals surface area contributed by atoms with E-state index < -0.39 is 10.0 Å². The molecule has 0 aliphatic rings. The third kappa shape index (κ3) is 5.63. The Labute approximate surface area is 199 Å². The van der Waals surface area contributed by atoms with E-state index >= 15 is 0 Å². The Morgan fingerprint density at radius 3 is 1.76 bits per heavy atom. The minimum absolute atomic E-state index is 0.439. The second-order valence-electron chi connectivity index (χ2n) is 7.59. The zero-order chi connectivity index (χ0) is 24.0. The van der Waals surface area contributed by atoms with Crippen molar-refractivity contribution in [3.8, 4) is 5.75 Å². The number of aromatic nitrogens is 1. The zero-order valence-electron chi connectivity index (χ0n) is 18.9. The zero-order valence-corrected chi connectivity index (χ0v) is 19.7. The van der Waals surface area contributed by atoms with Crippen LogP contribution in [0.4, 0.5) is 17.1 Å². The fourth-order valence-corrected chi connectivity index (χ4v) is 4.12. The van der Waals surface area contributed by atoms with Crippen LogP contribution in [0.3, 0.4) is 0 Å². The van der Waals surface area contributed by atoms with Gasteiger partial charge in [0.05, 0.1) is 41.5 Å². The summed E-state index contributed by atoms with van der Waals surface area (Å²) in [5, 5.41) is 5.43.